The second kappa shape index (κ2) is 5.22. The number of nitrogens with zero attached hydrogens (tertiary/aromatic N) is 1. The van der Waals surface area contributed by atoms with Crippen molar-refractivity contribution >= 4 is 24.3 Å². The average molecular weight is 288 g/mol. The zero-order valence-electron chi connectivity index (χ0n) is 10.8. The highest BCUT2D eigenvalue weighted by molar-refractivity contribution is 7.80. The van der Waals surface area contributed by atoms with E-state index < -0.39 is 0 Å². The predicted octanol–water partition coefficient (Wildman–Crippen LogP) is 1.30. The largest absolute Gasteiger partial charge is 0.364 e. The summed E-state index contributed by atoms with van der Waals surface area (Å²) in [5.74, 6) is 0.620. The minimum absolute atomic E-state index is 0.149. The molecule has 1 aromatic rings. The van der Waals surface area contributed by atoms with E-state index in [1.807, 2.05) is 36.5 Å². The van der Waals surface area contributed by atoms with Gasteiger partial charge in [0.1, 0.15) is 6.17 Å². The molecule has 0 aromatic heterocycles. The number of anilines is 1. The molecule has 0 radical (unpaired) electrons. The molecule has 5 nitrogen and oxygen atoms in total. The molecule has 2 aliphatic heterocycles. The zero-order valence-corrected chi connectivity index (χ0v) is 11.7. The van der Waals surface area contributed by atoms with Crippen molar-refractivity contribution < 1.29 is 4.79 Å². The van der Waals surface area contributed by atoms with Gasteiger partial charge in [-0.2, -0.15) is 12.6 Å². The Morgan fingerprint density at radius 2 is 2.00 bits per heavy atom. The fourth-order valence-corrected chi connectivity index (χ4v) is 2.49. The Labute approximate surface area is 122 Å². The van der Waals surface area contributed by atoms with Crippen LogP contribution in [0.5, 0.6) is 0 Å². The van der Waals surface area contributed by atoms with Gasteiger partial charge >= 0.3 is 6.03 Å². The first-order chi connectivity index (χ1) is 9.71. The lowest BCUT2D eigenvalue weighted by atomic mass is 10.1. The SMILES string of the molecule is NCc1ccc(N2C=C3C=C(CS)NC3NC2=O)cc1. The smallest absolute Gasteiger partial charge is 0.327 e. The highest BCUT2D eigenvalue weighted by Crippen LogP contribution is 2.24. The molecular formula is C14H16N4OS. The number of hydrogen-bond acceptors (Lipinski definition) is 4. The van der Waals surface area contributed by atoms with E-state index in [0.717, 1.165) is 22.5 Å². The van der Waals surface area contributed by atoms with Crippen LogP contribution in [0.2, 0.25) is 0 Å². The van der Waals surface area contributed by atoms with Crippen molar-refractivity contribution in [3.05, 3.63) is 53.4 Å². The van der Waals surface area contributed by atoms with Crippen LogP contribution >= 0.6 is 12.6 Å². The molecular weight excluding hydrogens is 272 g/mol. The Bertz CT molecular complexity index is 594. The number of nitrogens with two attached hydrogens (primary N) is 1. The Morgan fingerprint density at radius 3 is 2.65 bits per heavy atom. The second-order valence-electron chi connectivity index (χ2n) is 4.72. The molecule has 6 heteroatoms. The van der Waals surface area contributed by atoms with E-state index in [9.17, 15) is 4.79 Å². The Balaban J connectivity index is 1.90. The van der Waals surface area contributed by atoms with Crippen molar-refractivity contribution in [2.75, 3.05) is 10.7 Å². The number of rotatable bonds is 3. The maximum Gasteiger partial charge on any atom is 0.327 e. The lowest BCUT2D eigenvalue weighted by molar-refractivity contribution is 0.244. The lowest BCUT2D eigenvalue weighted by Crippen LogP contribution is -2.51. The van der Waals surface area contributed by atoms with Crippen LogP contribution in [-0.4, -0.2) is 17.9 Å². The summed E-state index contributed by atoms with van der Waals surface area (Å²) in [7, 11) is 0. The van der Waals surface area contributed by atoms with Crippen molar-refractivity contribution in [3.63, 3.8) is 0 Å². The first-order valence-corrected chi connectivity index (χ1v) is 7.03. The van der Waals surface area contributed by atoms with E-state index in [1.54, 1.807) is 4.90 Å². The summed E-state index contributed by atoms with van der Waals surface area (Å²) < 4.78 is 0. The van der Waals surface area contributed by atoms with Gasteiger partial charge in [-0.3, -0.25) is 4.90 Å². The summed E-state index contributed by atoms with van der Waals surface area (Å²) in [6.07, 6.45) is 3.71. The van der Waals surface area contributed by atoms with Gasteiger partial charge in [0.25, 0.3) is 0 Å². The average Bonchev–Trinajstić information content (AvgIpc) is 2.88. The van der Waals surface area contributed by atoms with Gasteiger partial charge in [-0.1, -0.05) is 12.1 Å². The van der Waals surface area contributed by atoms with E-state index in [0.29, 0.717) is 12.3 Å². The maximum atomic E-state index is 12.2. The molecule has 0 spiro atoms. The topological polar surface area (TPSA) is 70.4 Å². The van der Waals surface area contributed by atoms with Gasteiger partial charge in [-0.05, 0) is 23.8 Å². The fraction of sp³-hybridized carbons (Fsp3) is 0.214. The summed E-state index contributed by atoms with van der Waals surface area (Å²) in [5.41, 5.74) is 9.46. The normalized spacial score (nSPS) is 20.8. The Kier molecular flexibility index (Phi) is 3.42. The van der Waals surface area contributed by atoms with Crippen LogP contribution in [0.4, 0.5) is 10.5 Å². The third-order valence-electron chi connectivity index (χ3n) is 3.39. The molecule has 0 aliphatic carbocycles. The summed E-state index contributed by atoms with van der Waals surface area (Å²) in [5, 5.41) is 6.12. The van der Waals surface area contributed by atoms with Crippen LogP contribution < -0.4 is 21.3 Å². The van der Waals surface area contributed by atoms with E-state index >= 15 is 0 Å². The molecule has 20 heavy (non-hydrogen) atoms. The van der Waals surface area contributed by atoms with Crippen LogP contribution in [0.3, 0.4) is 0 Å². The summed E-state index contributed by atoms with van der Waals surface area (Å²) in [6.45, 7) is 0.494. The minimum atomic E-state index is -0.152. The first kappa shape index (κ1) is 13.1. The summed E-state index contributed by atoms with van der Waals surface area (Å²) in [4.78, 5) is 13.8. The highest BCUT2D eigenvalue weighted by Gasteiger charge is 2.30. The van der Waals surface area contributed by atoms with Crippen molar-refractivity contribution in [1.82, 2.24) is 10.6 Å². The number of urea groups is 1. The van der Waals surface area contributed by atoms with Gasteiger partial charge in [-0.15, -0.1) is 0 Å². The van der Waals surface area contributed by atoms with Gasteiger partial charge in [0.2, 0.25) is 0 Å². The maximum absolute atomic E-state index is 12.2. The third kappa shape index (κ3) is 2.28. The van der Waals surface area contributed by atoms with Crippen molar-refractivity contribution in [2.45, 2.75) is 12.7 Å². The van der Waals surface area contributed by atoms with Crippen LogP contribution in [0.1, 0.15) is 5.56 Å². The Morgan fingerprint density at radius 1 is 1.25 bits per heavy atom. The predicted molar refractivity (Wildman–Crippen MR) is 82.3 cm³/mol. The number of hydrogen-bond donors (Lipinski definition) is 4. The summed E-state index contributed by atoms with van der Waals surface area (Å²) in [6, 6.07) is 7.49. The number of fused-ring (bicyclic) bond motifs is 1. The number of carbonyl (C=O) groups excluding carboxylic acids is 1. The standard InChI is InChI=1S/C14H16N4OS/c15-6-9-1-3-12(4-2-9)18-7-10-5-11(8-20)16-13(10)17-14(18)19/h1-5,7,13,16,20H,6,8,15H2,(H,17,19). The summed E-state index contributed by atoms with van der Waals surface area (Å²) >= 11 is 4.24. The van der Waals surface area contributed by atoms with Crippen molar-refractivity contribution in [3.8, 4) is 0 Å². The van der Waals surface area contributed by atoms with Gasteiger partial charge in [-0.25, -0.2) is 4.79 Å². The van der Waals surface area contributed by atoms with Crippen LogP contribution in [0.15, 0.2) is 47.8 Å². The van der Waals surface area contributed by atoms with Crippen molar-refractivity contribution in [1.29, 1.82) is 0 Å². The fourth-order valence-electron chi connectivity index (χ4n) is 2.30. The highest BCUT2D eigenvalue weighted by atomic mass is 32.1. The molecule has 4 N–H and O–H groups in total. The number of benzene rings is 1. The van der Waals surface area contributed by atoms with Gasteiger partial charge in [0.05, 0.1) is 5.69 Å². The number of nitrogens with one attached hydrogen (secondary N) is 2. The molecule has 2 amide bonds. The van der Waals surface area contributed by atoms with E-state index in [2.05, 4.69) is 23.3 Å². The van der Waals surface area contributed by atoms with Crippen LogP contribution in [-0.2, 0) is 6.54 Å². The van der Waals surface area contributed by atoms with Gasteiger partial charge < -0.3 is 16.4 Å². The lowest BCUT2D eigenvalue weighted by Gasteiger charge is -2.29. The van der Waals surface area contributed by atoms with E-state index in [-0.39, 0.29) is 12.2 Å². The molecule has 0 saturated carbocycles. The quantitative estimate of drug-likeness (QED) is 0.634. The third-order valence-corrected chi connectivity index (χ3v) is 3.73. The van der Waals surface area contributed by atoms with Gasteiger partial charge in [0, 0.05) is 29.8 Å². The van der Waals surface area contributed by atoms with Crippen LogP contribution in [0.25, 0.3) is 0 Å². The van der Waals surface area contributed by atoms with E-state index in [1.165, 1.54) is 0 Å². The number of carbonyl (C=O) groups is 1. The van der Waals surface area contributed by atoms with E-state index in [4.69, 9.17) is 5.73 Å². The molecule has 0 bridgehead atoms. The van der Waals surface area contributed by atoms with Crippen LogP contribution in [0, 0.1) is 0 Å². The molecule has 2 aliphatic rings. The monoisotopic (exact) mass is 288 g/mol. The number of amides is 2. The molecule has 1 aromatic carbocycles. The van der Waals surface area contributed by atoms with Crippen molar-refractivity contribution in [2.24, 2.45) is 5.73 Å². The molecule has 1 unspecified atom stereocenters. The molecule has 2 heterocycles. The molecule has 1 atom stereocenters. The molecule has 3 rings (SSSR count). The number of thiol groups is 1. The second-order valence-corrected chi connectivity index (χ2v) is 5.04. The first-order valence-electron chi connectivity index (χ1n) is 6.39. The molecule has 0 fully saturated rings. The molecule has 104 valence electrons. The van der Waals surface area contributed by atoms with Gasteiger partial charge in [0.15, 0.2) is 0 Å². The molecule has 0 saturated heterocycles. The Hall–Kier alpha value is -1.92. The zero-order chi connectivity index (χ0) is 14.1. The minimum Gasteiger partial charge on any atom is -0.364 e.